The van der Waals surface area contributed by atoms with Crippen LogP contribution in [0.15, 0.2) is 30.5 Å². The van der Waals surface area contributed by atoms with E-state index in [9.17, 15) is 22.8 Å². The summed E-state index contributed by atoms with van der Waals surface area (Å²) in [6.07, 6.45) is 1.89. The number of carbonyl (C=O) groups excluding carboxylic acids is 2. The molecule has 2 aromatic rings. The van der Waals surface area contributed by atoms with Crippen LogP contribution in [0.2, 0.25) is 0 Å². The van der Waals surface area contributed by atoms with Crippen LogP contribution in [0.3, 0.4) is 0 Å². The van der Waals surface area contributed by atoms with Crippen molar-refractivity contribution in [3.63, 3.8) is 0 Å². The number of nitrogens with zero attached hydrogens (tertiary/aromatic N) is 2. The first-order chi connectivity index (χ1) is 12.9. The zero-order valence-corrected chi connectivity index (χ0v) is 14.8. The fraction of sp³-hybridized carbons (Fsp3) is 0.278. The molecule has 2 amide bonds. The van der Waals surface area contributed by atoms with Crippen molar-refractivity contribution in [3.8, 4) is 5.88 Å². The van der Waals surface area contributed by atoms with Crippen molar-refractivity contribution in [2.75, 3.05) is 25.5 Å². The minimum Gasteiger partial charge on any atom is -0.481 e. The molecule has 1 aromatic heterocycles. The Hall–Kier alpha value is -3.10. The SMILES string of the molecule is CCCN(CC(=O)Nc1ccc(F)c(F)c1F)C(=O)c1ccc(OC)nc1. The smallest absolute Gasteiger partial charge is 0.255 e. The molecule has 6 nitrogen and oxygen atoms in total. The molecule has 0 spiro atoms. The van der Waals surface area contributed by atoms with E-state index >= 15 is 0 Å². The maximum atomic E-state index is 13.7. The highest BCUT2D eigenvalue weighted by molar-refractivity contribution is 5.99. The Labute approximate surface area is 154 Å². The number of benzene rings is 1. The third-order valence-electron chi connectivity index (χ3n) is 3.62. The van der Waals surface area contributed by atoms with Crippen LogP contribution in [-0.4, -0.2) is 41.9 Å². The highest BCUT2D eigenvalue weighted by Gasteiger charge is 2.20. The van der Waals surface area contributed by atoms with Gasteiger partial charge in [0.05, 0.1) is 18.4 Å². The molecule has 0 bridgehead atoms. The third kappa shape index (κ3) is 4.96. The maximum Gasteiger partial charge on any atom is 0.255 e. The van der Waals surface area contributed by atoms with E-state index in [1.165, 1.54) is 30.3 Å². The molecule has 0 aliphatic heterocycles. The van der Waals surface area contributed by atoms with Gasteiger partial charge in [0.15, 0.2) is 17.5 Å². The van der Waals surface area contributed by atoms with Crippen molar-refractivity contribution < 1.29 is 27.5 Å². The quantitative estimate of drug-likeness (QED) is 0.749. The summed E-state index contributed by atoms with van der Waals surface area (Å²) in [6.45, 7) is 1.69. The second kappa shape index (κ2) is 9.02. The Kier molecular flexibility index (Phi) is 6.75. The van der Waals surface area contributed by atoms with E-state index in [1.54, 1.807) is 0 Å². The van der Waals surface area contributed by atoms with Gasteiger partial charge in [-0.15, -0.1) is 0 Å². The lowest BCUT2D eigenvalue weighted by atomic mass is 10.2. The van der Waals surface area contributed by atoms with Gasteiger partial charge < -0.3 is 15.0 Å². The molecule has 0 aliphatic carbocycles. The molecule has 0 saturated heterocycles. The van der Waals surface area contributed by atoms with Crippen LogP contribution in [0.25, 0.3) is 0 Å². The second-order valence-corrected chi connectivity index (χ2v) is 5.59. The largest absolute Gasteiger partial charge is 0.481 e. The molecule has 144 valence electrons. The van der Waals surface area contributed by atoms with Crippen molar-refractivity contribution in [1.82, 2.24) is 9.88 Å². The first kappa shape index (κ1) is 20.2. The average Bonchev–Trinajstić information content (AvgIpc) is 2.67. The molecule has 9 heteroatoms. The van der Waals surface area contributed by atoms with E-state index in [4.69, 9.17) is 4.74 Å². The average molecular weight is 381 g/mol. The number of hydrogen-bond donors (Lipinski definition) is 1. The zero-order valence-electron chi connectivity index (χ0n) is 14.8. The normalized spacial score (nSPS) is 10.4. The van der Waals surface area contributed by atoms with Gasteiger partial charge in [-0.25, -0.2) is 18.2 Å². The number of pyridine rings is 1. The number of carbonyl (C=O) groups is 2. The Balaban J connectivity index is 2.11. The molecule has 0 atom stereocenters. The number of ether oxygens (including phenoxy) is 1. The number of rotatable bonds is 7. The molecule has 2 rings (SSSR count). The molecule has 1 aromatic carbocycles. The van der Waals surface area contributed by atoms with Gasteiger partial charge in [0.2, 0.25) is 11.8 Å². The van der Waals surface area contributed by atoms with Gasteiger partial charge in [-0.1, -0.05) is 6.92 Å². The Morgan fingerprint density at radius 3 is 2.48 bits per heavy atom. The number of hydrogen-bond acceptors (Lipinski definition) is 4. The molecule has 0 unspecified atom stereocenters. The molecule has 0 radical (unpaired) electrons. The lowest BCUT2D eigenvalue weighted by Crippen LogP contribution is -2.38. The number of aromatic nitrogens is 1. The van der Waals surface area contributed by atoms with Crippen molar-refractivity contribution in [3.05, 3.63) is 53.5 Å². The van der Waals surface area contributed by atoms with Gasteiger partial charge >= 0.3 is 0 Å². The molecule has 0 fully saturated rings. The van der Waals surface area contributed by atoms with E-state index < -0.39 is 41.5 Å². The summed E-state index contributed by atoms with van der Waals surface area (Å²) in [5, 5.41) is 2.14. The highest BCUT2D eigenvalue weighted by atomic mass is 19.2. The maximum absolute atomic E-state index is 13.7. The Morgan fingerprint density at radius 2 is 1.89 bits per heavy atom. The molecule has 27 heavy (non-hydrogen) atoms. The molecule has 1 N–H and O–H groups in total. The van der Waals surface area contributed by atoms with E-state index in [2.05, 4.69) is 10.3 Å². The predicted molar refractivity (Wildman–Crippen MR) is 91.9 cm³/mol. The highest BCUT2D eigenvalue weighted by Crippen LogP contribution is 2.19. The number of methoxy groups -OCH3 is 1. The number of halogens is 3. The van der Waals surface area contributed by atoms with Crippen LogP contribution >= 0.6 is 0 Å². The van der Waals surface area contributed by atoms with Gasteiger partial charge in [0.1, 0.15) is 6.54 Å². The lowest BCUT2D eigenvalue weighted by molar-refractivity contribution is -0.116. The number of nitrogens with one attached hydrogen (secondary N) is 1. The molecule has 0 aliphatic rings. The molecular weight excluding hydrogens is 363 g/mol. The summed E-state index contributed by atoms with van der Waals surface area (Å²) < 4.78 is 44.8. The van der Waals surface area contributed by atoms with Gasteiger partial charge in [0, 0.05) is 18.8 Å². The second-order valence-electron chi connectivity index (χ2n) is 5.59. The minimum absolute atomic E-state index is 0.246. The van der Waals surface area contributed by atoms with E-state index in [1.807, 2.05) is 6.92 Å². The predicted octanol–water partition coefficient (Wildman–Crippen LogP) is 3.00. The van der Waals surface area contributed by atoms with Crippen molar-refractivity contribution in [2.45, 2.75) is 13.3 Å². The van der Waals surface area contributed by atoms with Crippen LogP contribution in [0.4, 0.5) is 18.9 Å². The standard InChI is InChI=1S/C18H18F3N3O3/c1-3-8-24(18(26)11-4-7-15(27-2)22-9-11)10-14(25)23-13-6-5-12(19)16(20)17(13)21/h4-7,9H,3,8,10H2,1-2H3,(H,23,25). The topological polar surface area (TPSA) is 71.5 Å². The van der Waals surface area contributed by atoms with Crippen LogP contribution in [0, 0.1) is 17.5 Å². The molecule has 0 saturated carbocycles. The van der Waals surface area contributed by atoms with E-state index in [0.29, 0.717) is 18.4 Å². The van der Waals surface area contributed by atoms with Crippen LogP contribution in [0.1, 0.15) is 23.7 Å². The third-order valence-corrected chi connectivity index (χ3v) is 3.62. The van der Waals surface area contributed by atoms with Crippen molar-refractivity contribution in [1.29, 1.82) is 0 Å². The fourth-order valence-corrected chi connectivity index (χ4v) is 2.32. The zero-order chi connectivity index (χ0) is 20.0. The summed E-state index contributed by atoms with van der Waals surface area (Å²) in [5.74, 6) is -5.41. The Morgan fingerprint density at radius 1 is 1.15 bits per heavy atom. The lowest BCUT2D eigenvalue weighted by Gasteiger charge is -2.21. The Bertz CT molecular complexity index is 829. The fourth-order valence-electron chi connectivity index (χ4n) is 2.32. The summed E-state index contributed by atoms with van der Waals surface area (Å²) in [4.78, 5) is 29.9. The first-order valence-corrected chi connectivity index (χ1v) is 8.10. The van der Waals surface area contributed by atoms with E-state index in [-0.39, 0.29) is 12.1 Å². The van der Waals surface area contributed by atoms with Gasteiger partial charge in [-0.3, -0.25) is 9.59 Å². The van der Waals surface area contributed by atoms with E-state index in [0.717, 1.165) is 6.07 Å². The summed E-state index contributed by atoms with van der Waals surface area (Å²) in [7, 11) is 1.44. The summed E-state index contributed by atoms with van der Waals surface area (Å²) >= 11 is 0. The van der Waals surface area contributed by atoms with Crippen molar-refractivity contribution >= 4 is 17.5 Å². The molecule has 1 heterocycles. The monoisotopic (exact) mass is 381 g/mol. The number of anilines is 1. The number of amides is 2. The van der Waals surface area contributed by atoms with Crippen LogP contribution in [0.5, 0.6) is 5.88 Å². The minimum atomic E-state index is -1.68. The van der Waals surface area contributed by atoms with Gasteiger partial charge in [-0.2, -0.15) is 0 Å². The molecular formula is C18H18F3N3O3. The summed E-state index contributed by atoms with van der Waals surface area (Å²) in [5.41, 5.74) is -0.259. The van der Waals surface area contributed by atoms with Crippen molar-refractivity contribution in [2.24, 2.45) is 0 Å². The van der Waals surface area contributed by atoms with Crippen LogP contribution < -0.4 is 10.1 Å². The van der Waals surface area contributed by atoms with Gasteiger partial charge in [0.25, 0.3) is 5.91 Å². The first-order valence-electron chi connectivity index (χ1n) is 8.10. The summed E-state index contributed by atoms with van der Waals surface area (Å²) in [6, 6.07) is 4.62. The van der Waals surface area contributed by atoms with Gasteiger partial charge in [-0.05, 0) is 24.6 Å². The van der Waals surface area contributed by atoms with Crippen LogP contribution in [-0.2, 0) is 4.79 Å².